The van der Waals surface area contributed by atoms with Crippen molar-refractivity contribution in [3.63, 3.8) is 0 Å². The zero-order valence-electron chi connectivity index (χ0n) is 10.8. The van der Waals surface area contributed by atoms with Crippen LogP contribution in [0.3, 0.4) is 0 Å². The molecule has 0 saturated carbocycles. The van der Waals surface area contributed by atoms with Gasteiger partial charge in [0.05, 0.1) is 18.2 Å². The molecule has 6 heteroatoms. The van der Waals surface area contributed by atoms with E-state index in [4.69, 9.17) is 16.9 Å². The molecule has 0 unspecified atom stereocenters. The molecule has 1 aliphatic heterocycles. The number of hydrogen-bond donors (Lipinski definition) is 1. The lowest BCUT2D eigenvalue weighted by molar-refractivity contribution is -0.130. The van der Waals surface area contributed by atoms with Crippen molar-refractivity contribution in [1.29, 1.82) is 5.26 Å². The molecular formula is C14H12ClN3O2. The average Bonchev–Trinajstić information content (AvgIpc) is 2.63. The highest BCUT2D eigenvalue weighted by atomic mass is 35.5. The molecule has 1 atom stereocenters. The minimum Gasteiger partial charge on any atom is -0.319 e. The topological polar surface area (TPSA) is 73.2 Å². The summed E-state index contributed by atoms with van der Waals surface area (Å²) < 4.78 is 0. The van der Waals surface area contributed by atoms with E-state index in [0.717, 1.165) is 4.90 Å². The molecule has 5 nitrogen and oxygen atoms in total. The van der Waals surface area contributed by atoms with Gasteiger partial charge < -0.3 is 5.32 Å². The number of halogens is 1. The summed E-state index contributed by atoms with van der Waals surface area (Å²) >= 11 is 5.66. The Balaban J connectivity index is 2.35. The number of nitrogens with one attached hydrogen (secondary N) is 1. The van der Waals surface area contributed by atoms with Crippen molar-refractivity contribution >= 4 is 23.5 Å². The van der Waals surface area contributed by atoms with E-state index in [1.807, 2.05) is 6.07 Å². The van der Waals surface area contributed by atoms with E-state index in [2.05, 4.69) is 11.9 Å². The summed E-state index contributed by atoms with van der Waals surface area (Å²) in [5.74, 6) is -0.394. The lowest BCUT2D eigenvalue weighted by Gasteiger charge is -2.22. The molecule has 1 aromatic rings. The van der Waals surface area contributed by atoms with Crippen LogP contribution in [0.25, 0.3) is 0 Å². The second-order valence-corrected chi connectivity index (χ2v) is 5.19. The fourth-order valence-electron chi connectivity index (χ4n) is 2.09. The standard InChI is InChI=1S/C14H12ClN3O2/c1-9(15)8-18-12(19)14(2,17-13(18)20)11-5-3-10(7-16)4-6-11/h3-6H,1,8H2,2H3,(H,17,20)/t14-/m0/s1. The first kappa shape index (κ1) is 14.1. The molecule has 3 amide bonds. The van der Waals surface area contributed by atoms with Crippen LogP contribution in [0.4, 0.5) is 4.79 Å². The number of imide groups is 1. The second kappa shape index (κ2) is 4.99. The van der Waals surface area contributed by atoms with Crippen molar-refractivity contribution in [1.82, 2.24) is 10.2 Å². The second-order valence-electron chi connectivity index (χ2n) is 4.65. The van der Waals surface area contributed by atoms with Crippen molar-refractivity contribution < 1.29 is 9.59 Å². The fourth-order valence-corrected chi connectivity index (χ4v) is 2.21. The lowest BCUT2D eigenvalue weighted by Crippen LogP contribution is -2.41. The van der Waals surface area contributed by atoms with Gasteiger partial charge in [0.15, 0.2) is 0 Å². The number of carbonyl (C=O) groups excluding carboxylic acids is 2. The number of urea groups is 1. The minimum absolute atomic E-state index is 0.0297. The van der Waals surface area contributed by atoms with Gasteiger partial charge in [-0.3, -0.25) is 9.69 Å². The van der Waals surface area contributed by atoms with Gasteiger partial charge in [0.25, 0.3) is 5.91 Å². The molecule has 2 rings (SSSR count). The molecule has 1 saturated heterocycles. The summed E-state index contributed by atoms with van der Waals surface area (Å²) in [5.41, 5.74) is -0.0603. The lowest BCUT2D eigenvalue weighted by atomic mass is 9.91. The Kier molecular flexibility index (Phi) is 3.51. The summed E-state index contributed by atoms with van der Waals surface area (Å²) in [6.07, 6.45) is 0. The summed E-state index contributed by atoms with van der Waals surface area (Å²) in [5, 5.41) is 11.6. The quantitative estimate of drug-likeness (QED) is 0.866. The molecule has 1 fully saturated rings. The van der Waals surface area contributed by atoms with E-state index < -0.39 is 17.5 Å². The number of carbonyl (C=O) groups is 2. The van der Waals surface area contributed by atoms with E-state index in [9.17, 15) is 9.59 Å². The zero-order valence-corrected chi connectivity index (χ0v) is 11.6. The molecule has 0 aliphatic carbocycles. The molecule has 1 aromatic carbocycles. The van der Waals surface area contributed by atoms with Crippen LogP contribution in [0.2, 0.25) is 0 Å². The predicted molar refractivity (Wildman–Crippen MR) is 73.7 cm³/mol. The summed E-state index contributed by atoms with van der Waals surface area (Å²) in [6.45, 7) is 5.07. The number of nitrogens with zero attached hydrogens (tertiary/aromatic N) is 2. The first-order valence-corrected chi connectivity index (χ1v) is 6.24. The summed E-state index contributed by atoms with van der Waals surface area (Å²) in [7, 11) is 0. The number of rotatable bonds is 3. The maximum atomic E-state index is 12.4. The van der Waals surface area contributed by atoms with Gasteiger partial charge in [-0.25, -0.2) is 4.79 Å². The highest BCUT2D eigenvalue weighted by Gasteiger charge is 2.48. The Bertz CT molecular complexity index is 633. The Morgan fingerprint density at radius 3 is 2.55 bits per heavy atom. The highest BCUT2D eigenvalue weighted by molar-refractivity contribution is 6.30. The van der Waals surface area contributed by atoms with Crippen LogP contribution in [-0.4, -0.2) is 23.4 Å². The van der Waals surface area contributed by atoms with E-state index in [1.54, 1.807) is 31.2 Å². The van der Waals surface area contributed by atoms with Gasteiger partial charge in [-0.05, 0) is 24.6 Å². The first-order chi connectivity index (χ1) is 9.38. The van der Waals surface area contributed by atoms with Crippen LogP contribution in [0.5, 0.6) is 0 Å². The molecule has 102 valence electrons. The zero-order chi connectivity index (χ0) is 14.9. The molecule has 1 aliphatic rings. The minimum atomic E-state index is -1.16. The van der Waals surface area contributed by atoms with Crippen molar-refractivity contribution in [2.45, 2.75) is 12.5 Å². The molecule has 1 N–H and O–H groups in total. The van der Waals surface area contributed by atoms with Crippen molar-refractivity contribution in [2.24, 2.45) is 0 Å². The molecule has 0 spiro atoms. The molecular weight excluding hydrogens is 278 g/mol. The van der Waals surface area contributed by atoms with E-state index in [1.165, 1.54) is 0 Å². The largest absolute Gasteiger partial charge is 0.325 e. The van der Waals surface area contributed by atoms with Gasteiger partial charge in [0, 0.05) is 5.03 Å². The maximum Gasteiger partial charge on any atom is 0.325 e. The van der Waals surface area contributed by atoms with Gasteiger partial charge in [-0.15, -0.1) is 0 Å². The Labute approximate surface area is 121 Å². The van der Waals surface area contributed by atoms with Gasteiger partial charge >= 0.3 is 6.03 Å². The van der Waals surface area contributed by atoms with E-state index in [-0.39, 0.29) is 11.6 Å². The van der Waals surface area contributed by atoms with E-state index in [0.29, 0.717) is 11.1 Å². The maximum absolute atomic E-state index is 12.4. The Hall–Kier alpha value is -2.32. The average molecular weight is 290 g/mol. The SMILES string of the molecule is C=C(Cl)CN1C(=O)N[C@@](C)(c2ccc(C#N)cc2)C1=O. The van der Waals surface area contributed by atoms with Crippen LogP contribution in [0.1, 0.15) is 18.1 Å². The number of hydrogen-bond acceptors (Lipinski definition) is 3. The molecule has 0 radical (unpaired) electrons. The van der Waals surface area contributed by atoms with Crippen molar-refractivity contribution in [3.8, 4) is 6.07 Å². The van der Waals surface area contributed by atoms with Gasteiger partial charge in [0.1, 0.15) is 5.54 Å². The number of benzene rings is 1. The van der Waals surface area contributed by atoms with Crippen molar-refractivity contribution in [2.75, 3.05) is 6.54 Å². The van der Waals surface area contributed by atoms with Crippen LogP contribution in [0, 0.1) is 11.3 Å². The van der Waals surface area contributed by atoms with E-state index >= 15 is 0 Å². The third-order valence-corrected chi connectivity index (χ3v) is 3.32. The molecule has 20 heavy (non-hydrogen) atoms. The number of amides is 3. The highest BCUT2D eigenvalue weighted by Crippen LogP contribution is 2.29. The Morgan fingerprint density at radius 1 is 1.45 bits per heavy atom. The third-order valence-electron chi connectivity index (χ3n) is 3.20. The van der Waals surface area contributed by atoms with Gasteiger partial charge in [-0.2, -0.15) is 5.26 Å². The molecule has 0 bridgehead atoms. The van der Waals surface area contributed by atoms with Crippen LogP contribution >= 0.6 is 11.6 Å². The predicted octanol–water partition coefficient (Wildman–Crippen LogP) is 2.08. The monoisotopic (exact) mass is 289 g/mol. The number of nitriles is 1. The molecule has 0 aromatic heterocycles. The van der Waals surface area contributed by atoms with Crippen LogP contribution < -0.4 is 5.32 Å². The molecule has 1 heterocycles. The van der Waals surface area contributed by atoms with Crippen molar-refractivity contribution in [3.05, 3.63) is 47.0 Å². The third kappa shape index (κ3) is 2.26. The summed E-state index contributed by atoms with van der Waals surface area (Å²) in [4.78, 5) is 25.3. The first-order valence-electron chi connectivity index (χ1n) is 5.86. The Morgan fingerprint density at radius 2 is 2.05 bits per heavy atom. The summed E-state index contributed by atoms with van der Waals surface area (Å²) in [6, 6.07) is 7.99. The van der Waals surface area contributed by atoms with Gasteiger partial charge in [-0.1, -0.05) is 30.3 Å². The van der Waals surface area contributed by atoms with Crippen LogP contribution in [-0.2, 0) is 10.3 Å². The smallest absolute Gasteiger partial charge is 0.319 e. The fraction of sp³-hybridized carbons (Fsp3) is 0.214. The van der Waals surface area contributed by atoms with Gasteiger partial charge in [0.2, 0.25) is 0 Å². The van der Waals surface area contributed by atoms with Crippen LogP contribution in [0.15, 0.2) is 35.9 Å². The normalized spacial score (nSPS) is 21.6.